The summed E-state index contributed by atoms with van der Waals surface area (Å²) in [5, 5.41) is 7.00. The molecule has 0 fully saturated rings. The van der Waals surface area contributed by atoms with Gasteiger partial charge in [-0.05, 0) is 31.4 Å². The van der Waals surface area contributed by atoms with Crippen LogP contribution >= 0.6 is 0 Å². The molecule has 6 heteroatoms. The van der Waals surface area contributed by atoms with Crippen molar-refractivity contribution in [1.29, 1.82) is 0 Å². The fraction of sp³-hybridized carbons (Fsp3) is 0.625. The third-order valence-corrected chi connectivity index (χ3v) is 4.57. The van der Waals surface area contributed by atoms with E-state index < -0.39 is 11.6 Å². The fourth-order valence-electron chi connectivity index (χ4n) is 2.97. The van der Waals surface area contributed by atoms with Crippen LogP contribution in [0.3, 0.4) is 0 Å². The van der Waals surface area contributed by atoms with Gasteiger partial charge in [-0.1, -0.05) is 59.3 Å². The summed E-state index contributed by atoms with van der Waals surface area (Å²) >= 11 is 0. The molecule has 0 atom stereocenters. The molecule has 0 aromatic rings. The van der Waals surface area contributed by atoms with Crippen LogP contribution in [0.15, 0.2) is 34.3 Å². The molecule has 0 spiro atoms. The van der Waals surface area contributed by atoms with Crippen molar-refractivity contribution in [3.8, 4) is 0 Å². The summed E-state index contributed by atoms with van der Waals surface area (Å²) in [5.41, 5.74) is 0.995. The van der Waals surface area contributed by atoms with Gasteiger partial charge in [0.05, 0.1) is 14.2 Å². The van der Waals surface area contributed by atoms with Crippen LogP contribution in [0.4, 0.5) is 0 Å². The summed E-state index contributed by atoms with van der Waals surface area (Å²) in [6.45, 7) is 7.75. The molecular weight excluding hydrogens is 384 g/mol. The summed E-state index contributed by atoms with van der Waals surface area (Å²) < 4.78 is 10.1. The van der Waals surface area contributed by atoms with Gasteiger partial charge in [0.25, 0.3) is 0 Å². The Kier molecular flexibility index (Phi) is 18.8. The first kappa shape index (κ1) is 30.0. The average molecular weight is 425 g/mol. The number of carbonyl (C=O) groups is 3. The van der Waals surface area contributed by atoms with Crippen molar-refractivity contribution in [3.05, 3.63) is 34.3 Å². The monoisotopic (exact) mass is 424 g/mol. The first-order chi connectivity index (χ1) is 14.5. The molecule has 1 aliphatic rings. The second-order valence-corrected chi connectivity index (χ2v) is 6.47. The predicted molar refractivity (Wildman–Crippen MR) is 120 cm³/mol. The van der Waals surface area contributed by atoms with Crippen molar-refractivity contribution in [2.24, 2.45) is 0 Å². The van der Waals surface area contributed by atoms with Gasteiger partial charge in [0.15, 0.2) is 0 Å². The van der Waals surface area contributed by atoms with Gasteiger partial charge < -0.3 is 14.6 Å². The summed E-state index contributed by atoms with van der Waals surface area (Å²) in [7, 11) is 3.64. The normalized spacial score (nSPS) is 13.9. The molecule has 1 N–H and O–H groups in total. The topological polar surface area (TPSA) is 89.9 Å². The van der Waals surface area contributed by atoms with E-state index in [1.54, 1.807) is 6.92 Å². The first-order valence-electron chi connectivity index (χ1n) is 10.7. The van der Waals surface area contributed by atoms with E-state index in [0.717, 1.165) is 32.7 Å². The maximum atomic E-state index is 12.6. The Morgan fingerprint density at radius 2 is 1.33 bits per heavy atom. The molecule has 0 saturated carbocycles. The highest BCUT2D eigenvalue weighted by atomic mass is 16.5. The van der Waals surface area contributed by atoms with E-state index in [1.165, 1.54) is 46.0 Å². The lowest BCUT2D eigenvalue weighted by molar-refractivity contribution is -0.120. The number of Topliss-reactive ketones (excluding diaryl/α,β-unsaturated/α-hetero) is 2. The van der Waals surface area contributed by atoms with E-state index in [1.807, 2.05) is 13.8 Å². The van der Waals surface area contributed by atoms with Gasteiger partial charge in [0, 0.05) is 18.3 Å². The van der Waals surface area contributed by atoms with Crippen LogP contribution in [0, 0.1) is 0 Å². The van der Waals surface area contributed by atoms with Crippen LogP contribution in [-0.2, 0) is 23.9 Å². The standard InChI is InChI=1S/C21H30O5.C2H6.CH4O/c1-5-6-7-8-9-10-11-12-16(14-22)13-17-15(2)18(23)20(25-3)21(26-4)19(17)24;2*1-2/h13-14H,5-12H2,1-4H3;1-2H3;2H,1H3/b16-13+;;. The molecule has 0 heterocycles. The van der Waals surface area contributed by atoms with Crippen LogP contribution in [0.5, 0.6) is 0 Å². The first-order valence-corrected chi connectivity index (χ1v) is 10.7. The Bertz CT molecular complexity index is 626. The third-order valence-electron chi connectivity index (χ3n) is 4.57. The number of aldehydes is 1. The number of hydrogen-bond donors (Lipinski definition) is 1. The van der Waals surface area contributed by atoms with Crippen LogP contribution in [0.1, 0.15) is 79.1 Å². The second-order valence-electron chi connectivity index (χ2n) is 6.47. The molecule has 1 aliphatic carbocycles. The van der Waals surface area contributed by atoms with Gasteiger partial charge in [0.2, 0.25) is 23.1 Å². The number of carbonyl (C=O) groups excluding carboxylic acids is 3. The summed E-state index contributed by atoms with van der Waals surface area (Å²) in [6.07, 6.45) is 10.9. The van der Waals surface area contributed by atoms with Crippen LogP contribution in [0.2, 0.25) is 0 Å². The lowest BCUT2D eigenvalue weighted by atomic mass is 9.91. The number of unbranched alkanes of at least 4 members (excludes halogenated alkanes) is 6. The molecule has 30 heavy (non-hydrogen) atoms. The number of aliphatic hydroxyl groups excluding tert-OH is 1. The molecule has 0 aliphatic heterocycles. The predicted octanol–water partition coefficient (Wildman–Crippen LogP) is 4.86. The average Bonchev–Trinajstić information content (AvgIpc) is 2.79. The molecular formula is C24H40O6. The van der Waals surface area contributed by atoms with Gasteiger partial charge in [-0.15, -0.1) is 0 Å². The van der Waals surface area contributed by atoms with Crippen LogP contribution in [-0.4, -0.2) is 44.3 Å². The minimum Gasteiger partial charge on any atom is -0.489 e. The zero-order valence-corrected chi connectivity index (χ0v) is 19.8. The Hall–Kier alpha value is -2.21. The van der Waals surface area contributed by atoms with Gasteiger partial charge in [-0.2, -0.15) is 0 Å². The maximum Gasteiger partial charge on any atom is 0.232 e. The van der Waals surface area contributed by atoms with Crippen molar-refractivity contribution in [1.82, 2.24) is 0 Å². The SMILES string of the molecule is CC.CCCCCCCCC/C(C=O)=C\C1=C(C)C(=O)C(OC)=C(OC)C1=O.CO. The maximum absolute atomic E-state index is 12.6. The van der Waals surface area contributed by atoms with Crippen molar-refractivity contribution < 1.29 is 29.0 Å². The molecule has 0 saturated heterocycles. The van der Waals surface area contributed by atoms with Crippen molar-refractivity contribution in [2.75, 3.05) is 21.3 Å². The summed E-state index contributed by atoms with van der Waals surface area (Å²) in [6, 6.07) is 0. The molecule has 0 unspecified atom stereocenters. The molecule has 6 nitrogen and oxygen atoms in total. The minimum atomic E-state index is -0.430. The Morgan fingerprint density at radius 3 is 1.80 bits per heavy atom. The molecule has 0 bridgehead atoms. The van der Waals surface area contributed by atoms with E-state index in [0.29, 0.717) is 12.0 Å². The van der Waals surface area contributed by atoms with E-state index in [-0.39, 0.29) is 22.7 Å². The number of methoxy groups -OCH3 is 2. The molecule has 0 amide bonds. The molecule has 0 aromatic heterocycles. The van der Waals surface area contributed by atoms with Crippen LogP contribution < -0.4 is 0 Å². The number of rotatable bonds is 12. The Morgan fingerprint density at radius 1 is 0.867 bits per heavy atom. The van der Waals surface area contributed by atoms with Crippen molar-refractivity contribution in [3.63, 3.8) is 0 Å². The lowest BCUT2D eigenvalue weighted by Crippen LogP contribution is -2.24. The highest BCUT2D eigenvalue weighted by Gasteiger charge is 2.33. The van der Waals surface area contributed by atoms with Gasteiger partial charge in [-0.3, -0.25) is 14.4 Å². The molecule has 172 valence electrons. The number of hydrogen-bond acceptors (Lipinski definition) is 6. The van der Waals surface area contributed by atoms with Crippen molar-refractivity contribution in [2.45, 2.75) is 79.1 Å². The van der Waals surface area contributed by atoms with Gasteiger partial charge in [-0.25, -0.2) is 0 Å². The van der Waals surface area contributed by atoms with E-state index >= 15 is 0 Å². The Balaban J connectivity index is 0. The van der Waals surface area contributed by atoms with Crippen LogP contribution in [0.25, 0.3) is 0 Å². The molecule has 0 radical (unpaired) electrons. The summed E-state index contributed by atoms with van der Waals surface area (Å²) in [5.74, 6) is -1.03. The highest BCUT2D eigenvalue weighted by molar-refractivity contribution is 6.24. The fourth-order valence-corrected chi connectivity index (χ4v) is 2.97. The number of allylic oxidation sites excluding steroid dienone is 4. The Labute approximate surface area is 182 Å². The number of aliphatic hydroxyl groups is 1. The largest absolute Gasteiger partial charge is 0.489 e. The quantitative estimate of drug-likeness (QED) is 0.208. The van der Waals surface area contributed by atoms with E-state index in [9.17, 15) is 14.4 Å². The third kappa shape index (κ3) is 9.53. The van der Waals surface area contributed by atoms with Gasteiger partial charge in [0.1, 0.15) is 6.29 Å². The van der Waals surface area contributed by atoms with E-state index in [4.69, 9.17) is 14.6 Å². The second kappa shape index (κ2) is 18.8. The zero-order valence-electron chi connectivity index (χ0n) is 19.8. The summed E-state index contributed by atoms with van der Waals surface area (Å²) in [4.78, 5) is 36.3. The van der Waals surface area contributed by atoms with Crippen molar-refractivity contribution >= 4 is 17.9 Å². The highest BCUT2D eigenvalue weighted by Crippen LogP contribution is 2.27. The number of ether oxygens (including phenoxy) is 2. The zero-order chi connectivity index (χ0) is 23.5. The number of ketones is 2. The minimum absolute atomic E-state index is 0.0908. The van der Waals surface area contributed by atoms with Gasteiger partial charge >= 0.3 is 0 Å². The molecule has 0 aromatic carbocycles. The molecule has 1 rings (SSSR count). The lowest BCUT2D eigenvalue weighted by Gasteiger charge is -2.19. The van der Waals surface area contributed by atoms with E-state index in [2.05, 4.69) is 6.92 Å². The smallest absolute Gasteiger partial charge is 0.232 e.